The van der Waals surface area contributed by atoms with Crippen molar-refractivity contribution in [2.24, 2.45) is 5.92 Å². The predicted octanol–water partition coefficient (Wildman–Crippen LogP) is 3.21. The summed E-state index contributed by atoms with van der Waals surface area (Å²) in [7, 11) is 0. The molecule has 1 heterocycles. The van der Waals surface area contributed by atoms with Crippen LogP contribution in [0.5, 0.6) is 0 Å². The smallest absolute Gasteiger partial charge is 0.325 e. The van der Waals surface area contributed by atoms with Crippen LogP contribution in [-0.4, -0.2) is 40.2 Å². The Morgan fingerprint density at radius 2 is 1.84 bits per heavy atom. The molecule has 31 heavy (non-hydrogen) atoms. The summed E-state index contributed by atoms with van der Waals surface area (Å²) < 4.78 is 0. The van der Waals surface area contributed by atoms with Crippen molar-refractivity contribution >= 4 is 17.8 Å². The average molecular weight is 418 g/mol. The zero-order valence-electron chi connectivity index (χ0n) is 17.7. The first-order valence-corrected chi connectivity index (χ1v) is 11.1. The Labute approximate surface area is 182 Å². The molecule has 6 nitrogen and oxygen atoms in total. The maximum Gasteiger partial charge on any atom is 0.325 e. The quantitative estimate of drug-likeness (QED) is 0.734. The van der Waals surface area contributed by atoms with Gasteiger partial charge in [0, 0.05) is 12.6 Å². The molecule has 2 aromatic rings. The number of rotatable bonds is 6. The number of fused-ring (bicyclic) bond motifs is 2. The lowest BCUT2D eigenvalue weighted by Gasteiger charge is -2.31. The van der Waals surface area contributed by atoms with E-state index in [0.717, 1.165) is 40.9 Å². The number of nitrogens with zero attached hydrogens (tertiary/aromatic N) is 2. The number of carbonyl (C=O) groups is 3. The highest BCUT2D eigenvalue weighted by Crippen LogP contribution is 2.41. The molecule has 5 rings (SSSR count). The second kappa shape index (κ2) is 7.52. The largest absolute Gasteiger partial charge is 0.334 e. The number of imide groups is 1. The normalized spacial score (nSPS) is 23.1. The molecule has 1 unspecified atom stereocenters. The van der Waals surface area contributed by atoms with Gasteiger partial charge in [0.1, 0.15) is 12.1 Å². The average Bonchev–Trinajstić information content (AvgIpc) is 3.54. The van der Waals surface area contributed by atoms with Crippen LogP contribution >= 0.6 is 0 Å². The molecule has 2 aromatic carbocycles. The summed E-state index contributed by atoms with van der Waals surface area (Å²) in [6.45, 7) is 2.33. The summed E-state index contributed by atoms with van der Waals surface area (Å²) in [5, 5.41) is 2.91. The summed E-state index contributed by atoms with van der Waals surface area (Å²) in [6, 6.07) is 17.2. The van der Waals surface area contributed by atoms with Gasteiger partial charge in [-0.2, -0.15) is 0 Å². The van der Waals surface area contributed by atoms with Gasteiger partial charge in [0.15, 0.2) is 0 Å². The van der Waals surface area contributed by atoms with Gasteiger partial charge in [0.2, 0.25) is 5.91 Å². The maximum absolute atomic E-state index is 13.4. The molecule has 160 valence electrons. The van der Waals surface area contributed by atoms with Crippen molar-refractivity contribution in [3.05, 3.63) is 71.3 Å². The standard InChI is InChI=1S/C25H27N3O3/c1-17(19-11-12-19)27(15-18-7-3-2-4-8-18)22(29)16-28-23(30)25(26-24(28)31)14-13-20-9-5-6-10-21(20)25/h2-10,17,19H,11-16H2,1H3,(H,26,31)/t17?,25-/m0/s1. The molecular weight excluding hydrogens is 390 g/mol. The Hall–Kier alpha value is -3.15. The molecule has 0 aromatic heterocycles. The molecule has 1 aliphatic heterocycles. The zero-order valence-corrected chi connectivity index (χ0v) is 17.7. The van der Waals surface area contributed by atoms with Gasteiger partial charge in [-0.25, -0.2) is 4.79 Å². The minimum atomic E-state index is -1.03. The van der Waals surface area contributed by atoms with Crippen molar-refractivity contribution in [2.45, 2.75) is 50.7 Å². The van der Waals surface area contributed by atoms with E-state index in [2.05, 4.69) is 12.2 Å². The summed E-state index contributed by atoms with van der Waals surface area (Å²) in [5.74, 6) is -0.00607. The Kier molecular flexibility index (Phi) is 4.80. The number of hydrogen-bond acceptors (Lipinski definition) is 3. The highest BCUT2D eigenvalue weighted by molar-refractivity contribution is 6.09. The molecule has 1 spiro atoms. The van der Waals surface area contributed by atoms with Crippen LogP contribution in [0.2, 0.25) is 0 Å². The fourth-order valence-corrected chi connectivity index (χ4v) is 5.03. The van der Waals surface area contributed by atoms with Gasteiger partial charge in [-0.1, -0.05) is 54.6 Å². The van der Waals surface area contributed by atoms with Crippen molar-refractivity contribution in [2.75, 3.05) is 6.54 Å². The summed E-state index contributed by atoms with van der Waals surface area (Å²) in [5.41, 5.74) is 1.95. The molecule has 6 heteroatoms. The lowest BCUT2D eigenvalue weighted by Crippen LogP contribution is -2.47. The molecule has 2 atom stereocenters. The fourth-order valence-electron chi connectivity index (χ4n) is 5.03. The monoisotopic (exact) mass is 417 g/mol. The van der Waals surface area contributed by atoms with Crippen LogP contribution < -0.4 is 5.32 Å². The third-order valence-electron chi connectivity index (χ3n) is 7.03. The molecule has 3 aliphatic rings. The van der Waals surface area contributed by atoms with E-state index in [-0.39, 0.29) is 24.4 Å². The number of aryl methyl sites for hydroxylation is 1. The zero-order chi connectivity index (χ0) is 21.6. The number of benzene rings is 2. The van der Waals surface area contributed by atoms with E-state index in [4.69, 9.17) is 0 Å². The number of urea groups is 1. The van der Waals surface area contributed by atoms with Crippen LogP contribution in [0.1, 0.15) is 42.9 Å². The summed E-state index contributed by atoms with van der Waals surface area (Å²) >= 11 is 0. The van der Waals surface area contributed by atoms with Crippen LogP contribution in [0.3, 0.4) is 0 Å². The van der Waals surface area contributed by atoms with Gasteiger partial charge in [-0.3, -0.25) is 14.5 Å². The van der Waals surface area contributed by atoms with Gasteiger partial charge in [-0.05, 0) is 55.2 Å². The van der Waals surface area contributed by atoms with Crippen LogP contribution in [0.25, 0.3) is 0 Å². The second-order valence-electron chi connectivity index (χ2n) is 8.97. The molecule has 1 saturated heterocycles. The lowest BCUT2D eigenvalue weighted by atomic mass is 9.92. The van der Waals surface area contributed by atoms with Crippen LogP contribution in [0.4, 0.5) is 4.79 Å². The lowest BCUT2D eigenvalue weighted by molar-refractivity contribution is -0.141. The minimum Gasteiger partial charge on any atom is -0.334 e. The Balaban J connectivity index is 1.37. The molecule has 0 radical (unpaired) electrons. The molecule has 1 saturated carbocycles. The molecule has 1 N–H and O–H groups in total. The van der Waals surface area contributed by atoms with E-state index in [9.17, 15) is 14.4 Å². The first-order valence-electron chi connectivity index (χ1n) is 11.1. The Bertz CT molecular complexity index is 1030. The van der Waals surface area contributed by atoms with E-state index >= 15 is 0 Å². The Morgan fingerprint density at radius 3 is 2.58 bits per heavy atom. The topological polar surface area (TPSA) is 69.7 Å². The summed E-state index contributed by atoms with van der Waals surface area (Å²) in [6.07, 6.45) is 3.50. The Morgan fingerprint density at radius 1 is 1.13 bits per heavy atom. The predicted molar refractivity (Wildman–Crippen MR) is 116 cm³/mol. The molecule has 4 amide bonds. The SMILES string of the molecule is CC(C1CC1)N(Cc1ccccc1)C(=O)CN1C(=O)N[C@]2(CCc3ccccc32)C1=O. The van der Waals surface area contributed by atoms with Crippen LogP contribution in [-0.2, 0) is 28.1 Å². The number of hydrogen-bond donors (Lipinski definition) is 1. The molecule has 2 aliphatic carbocycles. The van der Waals surface area contributed by atoms with Gasteiger partial charge >= 0.3 is 6.03 Å². The number of amides is 4. The second-order valence-corrected chi connectivity index (χ2v) is 8.97. The third kappa shape index (κ3) is 3.40. The van der Waals surface area contributed by atoms with Gasteiger partial charge < -0.3 is 10.2 Å². The fraction of sp³-hybridized carbons (Fsp3) is 0.400. The van der Waals surface area contributed by atoms with Crippen molar-refractivity contribution in [3.63, 3.8) is 0 Å². The number of nitrogens with one attached hydrogen (secondary N) is 1. The maximum atomic E-state index is 13.4. The third-order valence-corrected chi connectivity index (χ3v) is 7.03. The van der Waals surface area contributed by atoms with Crippen molar-refractivity contribution in [1.29, 1.82) is 0 Å². The van der Waals surface area contributed by atoms with E-state index in [1.54, 1.807) is 0 Å². The van der Waals surface area contributed by atoms with Gasteiger partial charge in [0.25, 0.3) is 5.91 Å². The van der Waals surface area contributed by atoms with E-state index in [1.165, 1.54) is 0 Å². The molecular formula is C25H27N3O3. The highest BCUT2D eigenvalue weighted by atomic mass is 16.2. The van der Waals surface area contributed by atoms with E-state index in [1.807, 2.05) is 59.5 Å². The van der Waals surface area contributed by atoms with Crippen LogP contribution in [0.15, 0.2) is 54.6 Å². The van der Waals surface area contributed by atoms with Crippen molar-refractivity contribution in [3.8, 4) is 0 Å². The van der Waals surface area contributed by atoms with Crippen molar-refractivity contribution in [1.82, 2.24) is 15.1 Å². The van der Waals surface area contributed by atoms with E-state index in [0.29, 0.717) is 18.9 Å². The molecule has 2 fully saturated rings. The van der Waals surface area contributed by atoms with Gasteiger partial charge in [0.05, 0.1) is 0 Å². The van der Waals surface area contributed by atoms with E-state index < -0.39 is 11.6 Å². The summed E-state index contributed by atoms with van der Waals surface area (Å²) in [4.78, 5) is 42.5. The minimum absolute atomic E-state index is 0.0784. The van der Waals surface area contributed by atoms with Crippen molar-refractivity contribution < 1.29 is 14.4 Å². The van der Waals surface area contributed by atoms with Gasteiger partial charge in [-0.15, -0.1) is 0 Å². The first kappa shape index (κ1) is 19.8. The molecule has 0 bridgehead atoms. The number of carbonyl (C=O) groups excluding carboxylic acids is 3. The highest BCUT2D eigenvalue weighted by Gasteiger charge is 2.55. The first-order chi connectivity index (χ1) is 15.0. The van der Waals surface area contributed by atoms with Crippen LogP contribution in [0, 0.1) is 5.92 Å².